The van der Waals surface area contributed by atoms with E-state index in [9.17, 15) is 14.9 Å². The summed E-state index contributed by atoms with van der Waals surface area (Å²) in [6.07, 6.45) is 1.24. The largest absolute Gasteiger partial charge is 0.497 e. The van der Waals surface area contributed by atoms with E-state index in [1.54, 1.807) is 24.3 Å². The molecule has 0 bridgehead atoms. The molecule has 0 aliphatic heterocycles. The Morgan fingerprint density at radius 1 is 1.26 bits per heavy atom. The average molecular weight is 436 g/mol. The number of nitro groups is 1. The molecule has 4 aromatic rings. The predicted molar refractivity (Wildman–Crippen MR) is 117 cm³/mol. The van der Waals surface area contributed by atoms with Gasteiger partial charge in [-0.05, 0) is 48.9 Å². The summed E-state index contributed by atoms with van der Waals surface area (Å²) in [7, 11) is 1.51. The van der Waals surface area contributed by atoms with Gasteiger partial charge in [0.15, 0.2) is 5.76 Å². The van der Waals surface area contributed by atoms with Crippen LogP contribution in [0.2, 0.25) is 0 Å². The van der Waals surface area contributed by atoms with Crippen molar-refractivity contribution in [2.24, 2.45) is 5.10 Å². The first kappa shape index (κ1) is 20.2. The van der Waals surface area contributed by atoms with E-state index in [0.717, 1.165) is 20.8 Å². The van der Waals surface area contributed by atoms with E-state index in [-0.39, 0.29) is 5.76 Å². The Kier molecular flexibility index (Phi) is 5.46. The zero-order valence-corrected chi connectivity index (χ0v) is 17.3. The average Bonchev–Trinajstić information content (AvgIpc) is 3.40. The third-order valence-corrected chi connectivity index (χ3v) is 5.31. The highest BCUT2D eigenvalue weighted by Gasteiger charge is 2.22. The predicted octanol–water partition coefficient (Wildman–Crippen LogP) is 4.80. The van der Waals surface area contributed by atoms with Crippen molar-refractivity contribution in [2.45, 2.75) is 6.92 Å². The summed E-state index contributed by atoms with van der Waals surface area (Å²) >= 11 is 1.31. The monoisotopic (exact) mass is 436 g/mol. The van der Waals surface area contributed by atoms with Crippen LogP contribution in [-0.4, -0.2) is 29.1 Å². The molecule has 0 saturated carbocycles. The Hall–Kier alpha value is -4.05. The van der Waals surface area contributed by atoms with Gasteiger partial charge in [-0.1, -0.05) is 23.5 Å². The van der Waals surface area contributed by atoms with Crippen molar-refractivity contribution < 1.29 is 18.9 Å². The first-order valence-corrected chi connectivity index (χ1v) is 9.90. The smallest absolute Gasteiger partial charge is 0.433 e. The molecule has 9 nitrogen and oxygen atoms in total. The fraction of sp³-hybridized carbons (Fsp3) is 0.0952. The second-order valence-corrected chi connectivity index (χ2v) is 7.50. The van der Waals surface area contributed by atoms with Gasteiger partial charge in [0.25, 0.3) is 5.91 Å². The van der Waals surface area contributed by atoms with Crippen LogP contribution >= 0.6 is 11.3 Å². The number of hydrazone groups is 1. The number of aryl methyl sites for hydroxylation is 1. The number of anilines is 1. The fourth-order valence-electron chi connectivity index (χ4n) is 2.80. The number of amides is 1. The number of furan rings is 1. The lowest BCUT2D eigenvalue weighted by Gasteiger charge is -2.14. The van der Waals surface area contributed by atoms with Gasteiger partial charge in [-0.2, -0.15) is 10.1 Å². The van der Waals surface area contributed by atoms with E-state index in [1.807, 2.05) is 25.1 Å². The molecule has 0 aliphatic carbocycles. The van der Waals surface area contributed by atoms with Crippen LogP contribution < -0.4 is 9.75 Å². The Morgan fingerprint density at radius 2 is 2.10 bits per heavy atom. The first-order chi connectivity index (χ1) is 14.9. The lowest BCUT2D eigenvalue weighted by molar-refractivity contribution is -0.402. The van der Waals surface area contributed by atoms with Gasteiger partial charge in [0.2, 0.25) is 5.13 Å². The maximum Gasteiger partial charge on any atom is 0.433 e. The van der Waals surface area contributed by atoms with E-state index in [4.69, 9.17) is 9.15 Å². The lowest BCUT2D eigenvalue weighted by Crippen LogP contribution is -2.25. The second kappa shape index (κ2) is 8.36. The third kappa shape index (κ3) is 4.28. The number of methoxy groups -OCH3 is 1. The van der Waals surface area contributed by atoms with E-state index < -0.39 is 16.7 Å². The van der Waals surface area contributed by atoms with Crippen molar-refractivity contribution in [3.05, 3.63) is 81.6 Å². The van der Waals surface area contributed by atoms with Gasteiger partial charge in [0, 0.05) is 5.56 Å². The Morgan fingerprint density at radius 3 is 2.84 bits per heavy atom. The highest BCUT2D eigenvalue weighted by atomic mass is 32.1. The minimum Gasteiger partial charge on any atom is -0.497 e. The van der Waals surface area contributed by atoms with Gasteiger partial charge in [-0.15, -0.1) is 0 Å². The molecule has 156 valence electrons. The van der Waals surface area contributed by atoms with Crippen molar-refractivity contribution >= 4 is 44.7 Å². The molecular formula is C21H16N4O5S. The zero-order valence-electron chi connectivity index (χ0n) is 16.5. The molecule has 10 heteroatoms. The molecule has 1 amide bonds. The number of carbonyl (C=O) groups is 1. The summed E-state index contributed by atoms with van der Waals surface area (Å²) in [6, 6.07) is 15.1. The summed E-state index contributed by atoms with van der Waals surface area (Å²) in [5.41, 5.74) is 2.15. The number of thiazole rings is 1. The first-order valence-electron chi connectivity index (χ1n) is 9.08. The minimum absolute atomic E-state index is 0.132. The summed E-state index contributed by atoms with van der Waals surface area (Å²) in [4.78, 5) is 28.0. The fourth-order valence-corrected chi connectivity index (χ4v) is 3.82. The molecule has 0 N–H and O–H groups in total. The lowest BCUT2D eigenvalue weighted by atomic mass is 10.2. The number of hydrogen-bond acceptors (Lipinski definition) is 8. The number of fused-ring (bicyclic) bond motifs is 1. The van der Waals surface area contributed by atoms with E-state index in [1.165, 1.54) is 36.8 Å². The number of rotatable bonds is 6. The summed E-state index contributed by atoms with van der Waals surface area (Å²) in [5.74, 6) is -0.196. The molecule has 0 atom stereocenters. The Labute approximate surface area is 180 Å². The third-order valence-electron chi connectivity index (χ3n) is 4.32. The number of aromatic nitrogens is 1. The van der Waals surface area contributed by atoms with Crippen molar-refractivity contribution in [3.8, 4) is 5.75 Å². The van der Waals surface area contributed by atoms with E-state index >= 15 is 0 Å². The molecule has 2 aromatic carbocycles. The summed E-state index contributed by atoms with van der Waals surface area (Å²) < 4.78 is 11.2. The highest BCUT2D eigenvalue weighted by molar-refractivity contribution is 7.22. The Balaban J connectivity index is 1.75. The van der Waals surface area contributed by atoms with Crippen molar-refractivity contribution in [1.29, 1.82) is 0 Å². The van der Waals surface area contributed by atoms with Gasteiger partial charge in [0.05, 0.1) is 29.6 Å². The number of ether oxygens (including phenoxy) is 1. The van der Waals surface area contributed by atoms with Gasteiger partial charge < -0.3 is 9.15 Å². The van der Waals surface area contributed by atoms with Crippen LogP contribution in [0.1, 0.15) is 21.7 Å². The van der Waals surface area contributed by atoms with Crippen LogP contribution in [0.15, 0.2) is 64.1 Å². The van der Waals surface area contributed by atoms with E-state index in [0.29, 0.717) is 16.4 Å². The zero-order chi connectivity index (χ0) is 22.0. The molecule has 31 heavy (non-hydrogen) atoms. The van der Waals surface area contributed by atoms with Gasteiger partial charge in [-0.25, -0.2) is 4.98 Å². The van der Waals surface area contributed by atoms with Crippen LogP contribution in [-0.2, 0) is 0 Å². The summed E-state index contributed by atoms with van der Waals surface area (Å²) in [5, 5.41) is 16.6. The molecule has 0 saturated heterocycles. The quantitative estimate of drug-likeness (QED) is 0.244. The standard InChI is InChI=1S/C21H16N4O5S/c1-13-6-8-17-18(10-13)31-21(23-17)24(20(26)14-4-3-5-15(11-14)29-2)22-12-16-7-9-19(30-16)25(27)28/h3-12H,1-2H3/b22-12+. The molecule has 0 radical (unpaired) electrons. The number of carbonyl (C=O) groups excluding carboxylic acids is 1. The highest BCUT2D eigenvalue weighted by Crippen LogP contribution is 2.31. The summed E-state index contributed by atoms with van der Waals surface area (Å²) in [6.45, 7) is 1.97. The molecular weight excluding hydrogens is 420 g/mol. The van der Waals surface area contributed by atoms with Crippen LogP contribution in [0.5, 0.6) is 5.75 Å². The Bertz CT molecular complexity index is 1310. The van der Waals surface area contributed by atoms with Crippen LogP contribution in [0.4, 0.5) is 11.0 Å². The number of hydrogen-bond donors (Lipinski definition) is 0. The maximum absolute atomic E-state index is 13.3. The molecule has 0 fully saturated rings. The van der Waals surface area contributed by atoms with Crippen LogP contribution in [0.3, 0.4) is 0 Å². The molecule has 4 rings (SSSR count). The molecule has 0 aliphatic rings. The van der Waals surface area contributed by atoms with Crippen molar-refractivity contribution in [3.63, 3.8) is 0 Å². The van der Waals surface area contributed by atoms with E-state index in [2.05, 4.69) is 10.1 Å². The number of benzene rings is 2. The van der Waals surface area contributed by atoms with Crippen LogP contribution in [0, 0.1) is 17.0 Å². The van der Waals surface area contributed by atoms with Crippen molar-refractivity contribution in [2.75, 3.05) is 12.1 Å². The minimum atomic E-state index is -0.646. The van der Waals surface area contributed by atoms with Gasteiger partial charge >= 0.3 is 5.88 Å². The molecule has 2 aromatic heterocycles. The van der Waals surface area contributed by atoms with Gasteiger partial charge in [0.1, 0.15) is 10.7 Å². The maximum atomic E-state index is 13.3. The SMILES string of the molecule is COc1cccc(C(=O)N(/N=C/c2ccc([N+](=O)[O-])o2)c2nc3ccc(C)cc3s2)c1. The molecule has 2 heterocycles. The van der Waals surface area contributed by atoms with Crippen molar-refractivity contribution in [1.82, 2.24) is 4.98 Å². The molecule has 0 unspecified atom stereocenters. The second-order valence-electron chi connectivity index (χ2n) is 6.49. The van der Waals surface area contributed by atoms with Gasteiger partial charge in [-0.3, -0.25) is 14.9 Å². The number of nitrogens with zero attached hydrogens (tertiary/aromatic N) is 4. The molecule has 0 spiro atoms. The normalized spacial score (nSPS) is 11.2. The topological polar surface area (TPSA) is 111 Å². The van der Waals surface area contributed by atoms with Crippen LogP contribution in [0.25, 0.3) is 10.2 Å².